The van der Waals surface area contributed by atoms with E-state index in [9.17, 15) is 14.4 Å². The summed E-state index contributed by atoms with van der Waals surface area (Å²) in [6, 6.07) is 3.12. The van der Waals surface area contributed by atoms with Crippen LogP contribution < -0.4 is 16.6 Å². The van der Waals surface area contributed by atoms with E-state index < -0.39 is 17.2 Å². The van der Waals surface area contributed by atoms with E-state index in [1.807, 2.05) is 0 Å². The third-order valence-corrected chi connectivity index (χ3v) is 4.29. The molecule has 0 radical (unpaired) electrons. The van der Waals surface area contributed by atoms with Crippen LogP contribution >= 0.6 is 0 Å². The Morgan fingerprint density at radius 3 is 2.72 bits per heavy atom. The van der Waals surface area contributed by atoms with Crippen LogP contribution in [0.15, 0.2) is 32.4 Å². The number of hydrogen-bond donors (Lipinski definition) is 1. The second-order valence-electron chi connectivity index (χ2n) is 6.14. The SMILES string of the molecule is Cn1c(=O)c2cc(NC(=O)c3cc(C4CC4)on3)cnc2n(C)c1=O. The van der Waals surface area contributed by atoms with Gasteiger partial charge in [0, 0.05) is 26.1 Å². The van der Waals surface area contributed by atoms with Gasteiger partial charge in [0.05, 0.1) is 17.3 Å². The molecule has 1 aliphatic rings. The molecule has 3 heterocycles. The Kier molecular flexibility index (Phi) is 3.31. The van der Waals surface area contributed by atoms with Crippen LogP contribution in [0.2, 0.25) is 0 Å². The first-order chi connectivity index (χ1) is 12.0. The highest BCUT2D eigenvalue weighted by Crippen LogP contribution is 2.40. The summed E-state index contributed by atoms with van der Waals surface area (Å²) >= 11 is 0. The molecular formula is C16H15N5O4. The van der Waals surface area contributed by atoms with Gasteiger partial charge in [0.15, 0.2) is 5.69 Å². The number of rotatable bonds is 3. The molecule has 1 N–H and O–H groups in total. The Bertz CT molecular complexity index is 1120. The first-order valence-electron chi connectivity index (χ1n) is 7.79. The number of hydrogen-bond acceptors (Lipinski definition) is 6. The van der Waals surface area contributed by atoms with E-state index >= 15 is 0 Å². The van der Waals surface area contributed by atoms with Crippen molar-refractivity contribution in [3.63, 3.8) is 0 Å². The molecule has 0 aliphatic heterocycles. The zero-order valence-electron chi connectivity index (χ0n) is 13.6. The lowest BCUT2D eigenvalue weighted by Crippen LogP contribution is -2.37. The summed E-state index contributed by atoms with van der Waals surface area (Å²) in [6.45, 7) is 0. The number of nitrogens with zero attached hydrogens (tertiary/aromatic N) is 4. The zero-order valence-corrected chi connectivity index (χ0v) is 13.6. The molecule has 25 heavy (non-hydrogen) atoms. The van der Waals surface area contributed by atoms with Gasteiger partial charge in [-0.2, -0.15) is 0 Å². The fourth-order valence-corrected chi connectivity index (χ4v) is 2.69. The summed E-state index contributed by atoms with van der Waals surface area (Å²) in [5.41, 5.74) is -0.167. The van der Waals surface area contributed by atoms with Crippen LogP contribution in [0.4, 0.5) is 5.69 Å². The highest BCUT2D eigenvalue weighted by Gasteiger charge is 2.29. The fraction of sp³-hybridized carbons (Fsp3) is 0.312. The van der Waals surface area contributed by atoms with Crippen LogP contribution in [0.3, 0.4) is 0 Å². The molecule has 0 spiro atoms. The largest absolute Gasteiger partial charge is 0.360 e. The van der Waals surface area contributed by atoms with Gasteiger partial charge in [-0.1, -0.05) is 5.16 Å². The van der Waals surface area contributed by atoms with Gasteiger partial charge in [-0.05, 0) is 18.9 Å². The van der Waals surface area contributed by atoms with E-state index in [1.54, 1.807) is 6.07 Å². The topological polar surface area (TPSA) is 112 Å². The molecule has 0 bridgehead atoms. The van der Waals surface area contributed by atoms with Crippen molar-refractivity contribution < 1.29 is 9.32 Å². The van der Waals surface area contributed by atoms with Gasteiger partial charge in [0.2, 0.25) is 0 Å². The predicted octanol–water partition coefficient (Wildman–Crippen LogP) is 0.750. The van der Waals surface area contributed by atoms with Crippen LogP contribution in [0, 0.1) is 0 Å². The van der Waals surface area contributed by atoms with E-state index in [4.69, 9.17) is 4.52 Å². The van der Waals surface area contributed by atoms with Crippen LogP contribution in [0.25, 0.3) is 11.0 Å². The molecular weight excluding hydrogens is 326 g/mol. The van der Waals surface area contributed by atoms with E-state index in [1.165, 1.54) is 30.9 Å². The molecule has 4 rings (SSSR count). The van der Waals surface area contributed by atoms with Crippen molar-refractivity contribution in [1.82, 2.24) is 19.3 Å². The maximum absolute atomic E-state index is 12.3. The van der Waals surface area contributed by atoms with Crippen LogP contribution in [0.5, 0.6) is 0 Å². The molecule has 0 atom stereocenters. The third kappa shape index (κ3) is 2.53. The summed E-state index contributed by atoms with van der Waals surface area (Å²) in [7, 11) is 2.92. The van der Waals surface area contributed by atoms with Gasteiger partial charge in [-0.25, -0.2) is 9.78 Å². The standard InChI is InChI=1S/C16H15N5O4/c1-20-13-10(15(23)21(2)16(20)24)5-9(7-17-13)18-14(22)11-6-12(25-19-11)8-3-4-8/h5-8H,3-4H2,1-2H3,(H,18,22). The lowest BCUT2D eigenvalue weighted by Gasteiger charge is -2.08. The van der Waals surface area contributed by atoms with Crippen molar-refractivity contribution in [2.24, 2.45) is 14.1 Å². The number of amides is 1. The van der Waals surface area contributed by atoms with Crippen molar-refractivity contribution >= 4 is 22.6 Å². The number of aromatic nitrogens is 4. The van der Waals surface area contributed by atoms with Crippen molar-refractivity contribution in [2.45, 2.75) is 18.8 Å². The summed E-state index contributed by atoms with van der Waals surface area (Å²) < 4.78 is 7.44. The number of carbonyl (C=O) groups is 1. The summed E-state index contributed by atoms with van der Waals surface area (Å²) in [6.07, 6.45) is 3.49. The zero-order chi connectivity index (χ0) is 17.7. The Morgan fingerprint density at radius 1 is 1.24 bits per heavy atom. The van der Waals surface area contributed by atoms with Crippen LogP contribution in [0.1, 0.15) is 35.0 Å². The number of nitrogens with one attached hydrogen (secondary N) is 1. The summed E-state index contributed by atoms with van der Waals surface area (Å²) in [5, 5.41) is 6.66. The molecule has 1 aliphatic carbocycles. The van der Waals surface area contributed by atoms with E-state index in [2.05, 4.69) is 15.5 Å². The number of aryl methyl sites for hydroxylation is 1. The Morgan fingerprint density at radius 2 is 2.00 bits per heavy atom. The molecule has 9 nitrogen and oxygen atoms in total. The Labute approximate surface area is 140 Å². The first-order valence-corrected chi connectivity index (χ1v) is 7.79. The summed E-state index contributed by atoms with van der Waals surface area (Å²) in [4.78, 5) is 40.6. The van der Waals surface area contributed by atoms with Crippen molar-refractivity contribution in [2.75, 3.05) is 5.32 Å². The van der Waals surface area contributed by atoms with Crippen molar-refractivity contribution in [1.29, 1.82) is 0 Å². The number of anilines is 1. The van der Waals surface area contributed by atoms with Gasteiger partial charge in [-0.3, -0.25) is 18.7 Å². The Hall–Kier alpha value is -3.23. The minimum atomic E-state index is -0.473. The average Bonchev–Trinajstić information content (AvgIpc) is 3.34. The second-order valence-corrected chi connectivity index (χ2v) is 6.14. The fourth-order valence-electron chi connectivity index (χ4n) is 2.69. The quantitative estimate of drug-likeness (QED) is 0.752. The molecule has 128 valence electrons. The molecule has 1 fully saturated rings. The lowest BCUT2D eigenvalue weighted by molar-refractivity contribution is 0.101. The Balaban J connectivity index is 1.68. The van der Waals surface area contributed by atoms with Gasteiger partial charge in [0.1, 0.15) is 11.4 Å². The predicted molar refractivity (Wildman–Crippen MR) is 88.7 cm³/mol. The van der Waals surface area contributed by atoms with E-state index in [0.29, 0.717) is 17.4 Å². The highest BCUT2D eigenvalue weighted by atomic mass is 16.5. The molecule has 9 heteroatoms. The smallest absolute Gasteiger partial charge is 0.332 e. The molecule has 0 saturated heterocycles. The van der Waals surface area contributed by atoms with E-state index in [0.717, 1.165) is 17.4 Å². The van der Waals surface area contributed by atoms with Gasteiger partial charge in [0.25, 0.3) is 11.5 Å². The third-order valence-electron chi connectivity index (χ3n) is 4.29. The highest BCUT2D eigenvalue weighted by molar-refractivity contribution is 6.03. The lowest BCUT2D eigenvalue weighted by atomic mass is 10.2. The molecule has 0 aromatic carbocycles. The van der Waals surface area contributed by atoms with Crippen LogP contribution in [-0.4, -0.2) is 25.2 Å². The summed E-state index contributed by atoms with van der Waals surface area (Å²) in [5.74, 6) is 0.629. The molecule has 1 amide bonds. The number of carbonyl (C=O) groups excluding carboxylic acids is 1. The van der Waals surface area contributed by atoms with Gasteiger partial charge >= 0.3 is 5.69 Å². The molecule has 0 unspecified atom stereocenters. The maximum atomic E-state index is 12.3. The monoisotopic (exact) mass is 341 g/mol. The molecule has 1 saturated carbocycles. The maximum Gasteiger partial charge on any atom is 0.332 e. The van der Waals surface area contributed by atoms with Crippen molar-refractivity contribution in [3.8, 4) is 0 Å². The first kappa shape index (κ1) is 15.3. The number of fused-ring (bicyclic) bond motifs is 1. The van der Waals surface area contributed by atoms with Gasteiger partial charge in [-0.15, -0.1) is 0 Å². The second kappa shape index (κ2) is 5.40. The van der Waals surface area contributed by atoms with Crippen molar-refractivity contribution in [3.05, 3.63) is 50.6 Å². The normalized spacial score (nSPS) is 14.0. The minimum Gasteiger partial charge on any atom is -0.360 e. The van der Waals surface area contributed by atoms with E-state index in [-0.39, 0.29) is 16.7 Å². The van der Waals surface area contributed by atoms with Crippen LogP contribution in [-0.2, 0) is 14.1 Å². The average molecular weight is 341 g/mol. The van der Waals surface area contributed by atoms with Gasteiger partial charge < -0.3 is 9.84 Å². The number of pyridine rings is 1. The minimum absolute atomic E-state index is 0.176. The molecule has 3 aromatic heterocycles. The molecule has 3 aromatic rings.